The van der Waals surface area contributed by atoms with Crippen LogP contribution in [0.2, 0.25) is 0 Å². The minimum absolute atomic E-state index is 0.0160. The van der Waals surface area contributed by atoms with Crippen molar-refractivity contribution in [1.82, 2.24) is 9.97 Å². The average Bonchev–Trinajstić information content (AvgIpc) is 3.13. The number of carbonyl (C=O) groups excluding carboxylic acids is 2. The van der Waals surface area contributed by atoms with Gasteiger partial charge in [0, 0.05) is 32.5 Å². The molecule has 6 N–H and O–H groups in total. The Labute approximate surface area is 172 Å². The molecule has 2 rings (SSSR count). The van der Waals surface area contributed by atoms with Crippen LogP contribution in [0.1, 0.15) is 32.1 Å². The van der Waals surface area contributed by atoms with Crippen molar-refractivity contribution >= 4 is 29.4 Å². The minimum atomic E-state index is -1.20. The summed E-state index contributed by atoms with van der Waals surface area (Å²) in [5, 5.41) is 20.4. The van der Waals surface area contributed by atoms with Gasteiger partial charge in [0.05, 0.1) is 19.9 Å². The SMILES string of the molecule is Nc1nc2c(c(=O)[nH]1)NCN2C(OCCCOC(=O)CCCO)OC(=O)CCCO. The Morgan fingerprint density at radius 1 is 1.13 bits per heavy atom. The van der Waals surface area contributed by atoms with Gasteiger partial charge in [-0.15, -0.1) is 0 Å². The van der Waals surface area contributed by atoms with Gasteiger partial charge in [-0.05, 0) is 12.8 Å². The summed E-state index contributed by atoms with van der Waals surface area (Å²) >= 11 is 0. The molecule has 0 saturated heterocycles. The van der Waals surface area contributed by atoms with E-state index in [-0.39, 0.29) is 69.8 Å². The van der Waals surface area contributed by atoms with Crippen LogP contribution in [0.5, 0.6) is 0 Å². The van der Waals surface area contributed by atoms with Crippen LogP contribution in [0.25, 0.3) is 0 Å². The highest BCUT2D eigenvalue weighted by atomic mass is 16.7. The first kappa shape index (κ1) is 23.4. The highest BCUT2D eigenvalue weighted by Crippen LogP contribution is 2.28. The molecule has 168 valence electrons. The van der Waals surface area contributed by atoms with Crippen LogP contribution in [0.3, 0.4) is 0 Å². The van der Waals surface area contributed by atoms with Crippen LogP contribution in [0.4, 0.5) is 17.5 Å². The molecule has 0 radical (unpaired) electrons. The molecule has 2 heterocycles. The van der Waals surface area contributed by atoms with E-state index in [1.54, 1.807) is 0 Å². The number of aromatic amines is 1. The Hall–Kier alpha value is -2.90. The standard InChI is InChI=1S/C17H27N5O8/c18-16-20-14-13(15(27)21-16)19-10-22(14)17(30-12(26)5-2-7-24)29-9-3-8-28-11(25)4-1-6-23/h17,19,23-24H,1-10H2,(H3,18,20,21,27). The average molecular weight is 429 g/mol. The highest BCUT2D eigenvalue weighted by Gasteiger charge is 2.32. The number of hydrogen-bond donors (Lipinski definition) is 5. The molecule has 0 aromatic carbocycles. The van der Waals surface area contributed by atoms with Gasteiger partial charge >= 0.3 is 11.9 Å². The van der Waals surface area contributed by atoms with Crippen LogP contribution in [-0.2, 0) is 23.8 Å². The molecule has 1 aliphatic heterocycles. The lowest BCUT2D eigenvalue weighted by molar-refractivity contribution is -0.179. The van der Waals surface area contributed by atoms with Gasteiger partial charge in [0.1, 0.15) is 5.69 Å². The van der Waals surface area contributed by atoms with Crippen molar-refractivity contribution in [2.75, 3.05) is 49.0 Å². The van der Waals surface area contributed by atoms with E-state index >= 15 is 0 Å². The molecule has 0 spiro atoms. The number of ether oxygens (including phenoxy) is 3. The van der Waals surface area contributed by atoms with Crippen molar-refractivity contribution in [3.63, 3.8) is 0 Å². The number of aromatic nitrogens is 2. The number of nitrogens with zero attached hydrogens (tertiary/aromatic N) is 2. The zero-order valence-electron chi connectivity index (χ0n) is 16.5. The quantitative estimate of drug-likeness (QED) is 0.144. The summed E-state index contributed by atoms with van der Waals surface area (Å²) in [4.78, 5) is 43.3. The maximum atomic E-state index is 12.0. The van der Waals surface area contributed by atoms with Gasteiger partial charge in [0.2, 0.25) is 5.95 Å². The van der Waals surface area contributed by atoms with Gasteiger partial charge in [0.15, 0.2) is 5.82 Å². The van der Waals surface area contributed by atoms with Crippen molar-refractivity contribution in [2.45, 2.75) is 38.5 Å². The Balaban J connectivity index is 1.96. The number of fused-ring (bicyclic) bond motifs is 1. The van der Waals surface area contributed by atoms with E-state index < -0.39 is 23.9 Å². The number of nitrogens with one attached hydrogen (secondary N) is 2. The number of rotatable bonds is 13. The summed E-state index contributed by atoms with van der Waals surface area (Å²) in [5.74, 6) is -0.956. The number of nitrogen functional groups attached to an aromatic ring is 1. The zero-order chi connectivity index (χ0) is 21.9. The van der Waals surface area contributed by atoms with Crippen LogP contribution in [0.15, 0.2) is 4.79 Å². The molecular formula is C17H27N5O8. The number of aliphatic hydroxyl groups is 2. The molecule has 0 bridgehead atoms. The van der Waals surface area contributed by atoms with Crippen LogP contribution in [-0.4, -0.2) is 71.6 Å². The summed E-state index contributed by atoms with van der Waals surface area (Å²) in [6.07, 6.45) is -0.205. The molecule has 1 atom stereocenters. The van der Waals surface area contributed by atoms with Crippen LogP contribution in [0, 0.1) is 0 Å². The maximum absolute atomic E-state index is 12.0. The number of nitrogens with two attached hydrogens (primary N) is 1. The predicted molar refractivity (Wildman–Crippen MR) is 104 cm³/mol. The first-order chi connectivity index (χ1) is 14.5. The van der Waals surface area contributed by atoms with Crippen molar-refractivity contribution in [3.8, 4) is 0 Å². The van der Waals surface area contributed by atoms with Crippen LogP contribution >= 0.6 is 0 Å². The van der Waals surface area contributed by atoms with Gasteiger partial charge in [-0.25, -0.2) is 0 Å². The normalized spacial score (nSPS) is 13.5. The predicted octanol–water partition coefficient (Wildman–Crippen LogP) is -1.14. The van der Waals surface area contributed by atoms with E-state index in [1.165, 1.54) is 4.90 Å². The lowest BCUT2D eigenvalue weighted by Gasteiger charge is -2.27. The Morgan fingerprint density at radius 3 is 2.53 bits per heavy atom. The molecule has 0 saturated carbocycles. The smallest absolute Gasteiger partial charge is 0.309 e. The number of anilines is 3. The highest BCUT2D eigenvalue weighted by molar-refractivity contribution is 5.73. The Kier molecular flexibility index (Phi) is 9.31. The summed E-state index contributed by atoms with van der Waals surface area (Å²) in [5.41, 5.74) is 5.30. The third-order valence-corrected chi connectivity index (χ3v) is 3.99. The Morgan fingerprint density at radius 2 is 1.83 bits per heavy atom. The molecule has 0 fully saturated rings. The summed E-state index contributed by atoms with van der Waals surface area (Å²) in [6, 6.07) is 0. The van der Waals surface area contributed by atoms with E-state index in [0.29, 0.717) is 12.8 Å². The molecule has 30 heavy (non-hydrogen) atoms. The molecule has 1 aromatic rings. The number of H-pyrrole nitrogens is 1. The largest absolute Gasteiger partial charge is 0.466 e. The first-order valence-corrected chi connectivity index (χ1v) is 9.55. The van der Waals surface area contributed by atoms with E-state index in [9.17, 15) is 14.4 Å². The van der Waals surface area contributed by atoms with Gasteiger partial charge in [-0.2, -0.15) is 4.98 Å². The fourth-order valence-corrected chi connectivity index (χ4v) is 2.57. The summed E-state index contributed by atoms with van der Waals surface area (Å²) in [7, 11) is 0. The van der Waals surface area contributed by atoms with Gasteiger partial charge in [0.25, 0.3) is 12.0 Å². The molecule has 13 heteroatoms. The van der Waals surface area contributed by atoms with Gasteiger partial charge in [-0.1, -0.05) is 0 Å². The zero-order valence-corrected chi connectivity index (χ0v) is 16.5. The van der Waals surface area contributed by atoms with E-state index in [1.807, 2.05) is 0 Å². The molecule has 0 aliphatic carbocycles. The van der Waals surface area contributed by atoms with Gasteiger partial charge < -0.3 is 35.5 Å². The number of carbonyl (C=O) groups is 2. The number of hydrogen-bond acceptors (Lipinski definition) is 12. The molecule has 1 aromatic heterocycles. The van der Waals surface area contributed by atoms with E-state index in [4.69, 9.17) is 30.2 Å². The number of esters is 2. The first-order valence-electron chi connectivity index (χ1n) is 9.55. The summed E-state index contributed by atoms with van der Waals surface area (Å²) < 4.78 is 16.0. The second kappa shape index (κ2) is 11.9. The van der Waals surface area contributed by atoms with Crippen molar-refractivity contribution < 1.29 is 34.0 Å². The third-order valence-electron chi connectivity index (χ3n) is 3.99. The second-order valence-corrected chi connectivity index (χ2v) is 6.35. The molecule has 13 nitrogen and oxygen atoms in total. The minimum Gasteiger partial charge on any atom is -0.466 e. The summed E-state index contributed by atoms with van der Waals surface area (Å²) in [6.45, 7) is 0.00590. The fraction of sp³-hybridized carbons (Fsp3) is 0.647. The lowest BCUT2D eigenvalue weighted by Crippen LogP contribution is -2.41. The van der Waals surface area contributed by atoms with Gasteiger partial charge in [-0.3, -0.25) is 24.3 Å². The second-order valence-electron chi connectivity index (χ2n) is 6.35. The number of aliphatic hydroxyl groups excluding tert-OH is 2. The third kappa shape index (κ3) is 6.86. The van der Waals surface area contributed by atoms with Crippen molar-refractivity contribution in [3.05, 3.63) is 10.4 Å². The molecule has 1 aliphatic rings. The van der Waals surface area contributed by atoms with E-state index in [0.717, 1.165) is 0 Å². The monoisotopic (exact) mass is 429 g/mol. The van der Waals surface area contributed by atoms with Crippen LogP contribution < -0.4 is 21.5 Å². The molecule has 0 amide bonds. The Bertz CT molecular complexity index is 771. The molecule has 1 unspecified atom stereocenters. The lowest BCUT2D eigenvalue weighted by atomic mass is 10.3. The van der Waals surface area contributed by atoms with Crippen molar-refractivity contribution in [1.29, 1.82) is 0 Å². The fourth-order valence-electron chi connectivity index (χ4n) is 2.57. The van der Waals surface area contributed by atoms with Crippen molar-refractivity contribution in [2.24, 2.45) is 0 Å². The molecular weight excluding hydrogens is 402 g/mol. The maximum Gasteiger partial charge on any atom is 0.309 e. The van der Waals surface area contributed by atoms with E-state index in [2.05, 4.69) is 15.3 Å². The topological polar surface area (TPSA) is 189 Å².